The quantitative estimate of drug-likeness (QED) is 0.915. The van der Waals surface area contributed by atoms with Crippen LogP contribution in [0.1, 0.15) is 38.5 Å². The maximum atomic E-state index is 12.6. The summed E-state index contributed by atoms with van der Waals surface area (Å²) in [6.45, 7) is 2.29. The highest BCUT2D eigenvalue weighted by Gasteiger charge is 2.26. The Labute approximate surface area is 121 Å². The van der Waals surface area contributed by atoms with Crippen LogP contribution in [0.5, 0.6) is 0 Å². The molecule has 6 heteroatoms. The van der Waals surface area contributed by atoms with Crippen LogP contribution in [0.4, 0.5) is 5.69 Å². The smallest absolute Gasteiger partial charge is 0.335 e. The molecule has 0 saturated heterocycles. The first kappa shape index (κ1) is 13.4. The van der Waals surface area contributed by atoms with Gasteiger partial charge in [0.25, 0.3) is 5.91 Å². The third-order valence-electron chi connectivity index (χ3n) is 3.67. The van der Waals surface area contributed by atoms with Crippen molar-refractivity contribution < 1.29 is 19.2 Å². The van der Waals surface area contributed by atoms with Gasteiger partial charge in [0.15, 0.2) is 0 Å². The second-order valence-electron chi connectivity index (χ2n) is 5.00. The SMILES string of the molecule is Cc1oncc1C(=O)N1CCCc2cc(C(=O)O)ccc21. The van der Waals surface area contributed by atoms with Crippen molar-refractivity contribution in [2.24, 2.45) is 0 Å². The number of carboxylic acid groups (broad SMARTS) is 1. The number of aryl methyl sites for hydroxylation is 2. The third kappa shape index (κ3) is 2.29. The van der Waals surface area contributed by atoms with Crippen LogP contribution in [0.2, 0.25) is 0 Å². The van der Waals surface area contributed by atoms with Crippen LogP contribution in [0.25, 0.3) is 0 Å². The molecule has 0 atom stereocenters. The summed E-state index contributed by atoms with van der Waals surface area (Å²) in [5.74, 6) is -0.650. The van der Waals surface area contributed by atoms with Gasteiger partial charge in [0, 0.05) is 12.2 Å². The van der Waals surface area contributed by atoms with Gasteiger partial charge in [-0.25, -0.2) is 4.79 Å². The number of aromatic nitrogens is 1. The van der Waals surface area contributed by atoms with E-state index in [1.807, 2.05) is 0 Å². The van der Waals surface area contributed by atoms with Crippen molar-refractivity contribution in [1.82, 2.24) is 5.16 Å². The Hall–Kier alpha value is -2.63. The number of rotatable bonds is 2. The molecule has 1 aliphatic heterocycles. The van der Waals surface area contributed by atoms with E-state index in [1.165, 1.54) is 12.3 Å². The summed E-state index contributed by atoms with van der Waals surface area (Å²) >= 11 is 0. The lowest BCUT2D eigenvalue weighted by Gasteiger charge is -2.29. The van der Waals surface area contributed by atoms with Gasteiger partial charge in [-0.2, -0.15) is 0 Å². The van der Waals surface area contributed by atoms with Crippen LogP contribution in [-0.2, 0) is 6.42 Å². The van der Waals surface area contributed by atoms with Crippen molar-refractivity contribution in [1.29, 1.82) is 0 Å². The standard InChI is InChI=1S/C15H14N2O4/c1-9-12(8-16-21-9)14(18)17-6-2-3-10-7-11(15(19)20)4-5-13(10)17/h4-5,7-8H,2-3,6H2,1H3,(H,19,20). The molecule has 6 nitrogen and oxygen atoms in total. The number of hydrogen-bond acceptors (Lipinski definition) is 4. The van der Waals surface area contributed by atoms with E-state index in [0.717, 1.165) is 24.1 Å². The minimum atomic E-state index is -0.962. The van der Waals surface area contributed by atoms with Crippen LogP contribution < -0.4 is 4.90 Å². The fourth-order valence-electron chi connectivity index (χ4n) is 2.59. The van der Waals surface area contributed by atoms with E-state index < -0.39 is 5.97 Å². The summed E-state index contributed by atoms with van der Waals surface area (Å²) in [5.41, 5.74) is 2.31. The number of amides is 1. The largest absolute Gasteiger partial charge is 0.478 e. The van der Waals surface area contributed by atoms with Gasteiger partial charge in [-0.05, 0) is 43.5 Å². The molecule has 21 heavy (non-hydrogen) atoms. The molecule has 0 radical (unpaired) electrons. The molecular weight excluding hydrogens is 272 g/mol. The number of anilines is 1. The molecule has 0 aliphatic carbocycles. The zero-order valence-corrected chi connectivity index (χ0v) is 11.5. The van der Waals surface area contributed by atoms with Gasteiger partial charge in [0.1, 0.15) is 11.3 Å². The molecule has 0 fully saturated rings. The highest BCUT2D eigenvalue weighted by molar-refractivity contribution is 6.07. The number of nitrogens with zero attached hydrogens (tertiary/aromatic N) is 2. The van der Waals surface area contributed by atoms with Crippen molar-refractivity contribution in [3.8, 4) is 0 Å². The first-order chi connectivity index (χ1) is 10.1. The van der Waals surface area contributed by atoms with Gasteiger partial charge >= 0.3 is 5.97 Å². The van der Waals surface area contributed by atoms with Crippen LogP contribution in [-0.4, -0.2) is 28.7 Å². The summed E-state index contributed by atoms with van der Waals surface area (Å²) < 4.78 is 4.94. The zero-order valence-electron chi connectivity index (χ0n) is 11.5. The molecular formula is C15H14N2O4. The van der Waals surface area contributed by atoms with Crippen LogP contribution in [0.15, 0.2) is 28.9 Å². The van der Waals surface area contributed by atoms with Crippen molar-refractivity contribution >= 4 is 17.6 Å². The lowest BCUT2D eigenvalue weighted by Crippen LogP contribution is -2.35. The molecule has 0 bridgehead atoms. The Morgan fingerprint density at radius 1 is 1.38 bits per heavy atom. The number of hydrogen-bond donors (Lipinski definition) is 1. The minimum absolute atomic E-state index is 0.169. The maximum absolute atomic E-state index is 12.6. The molecule has 2 heterocycles. The van der Waals surface area contributed by atoms with Crippen molar-refractivity contribution in [2.75, 3.05) is 11.4 Å². The Balaban J connectivity index is 1.99. The van der Waals surface area contributed by atoms with Gasteiger partial charge < -0.3 is 14.5 Å². The first-order valence-corrected chi connectivity index (χ1v) is 6.67. The van der Waals surface area contributed by atoms with E-state index in [9.17, 15) is 9.59 Å². The van der Waals surface area contributed by atoms with E-state index in [2.05, 4.69) is 5.16 Å². The average Bonchev–Trinajstić information content (AvgIpc) is 2.91. The summed E-state index contributed by atoms with van der Waals surface area (Å²) in [6, 6.07) is 4.85. The normalized spacial score (nSPS) is 13.9. The number of carbonyl (C=O) groups excluding carboxylic acids is 1. The highest BCUT2D eigenvalue weighted by Crippen LogP contribution is 2.29. The Morgan fingerprint density at radius 2 is 2.19 bits per heavy atom. The number of carbonyl (C=O) groups is 2. The Kier molecular flexibility index (Phi) is 3.21. The average molecular weight is 286 g/mol. The molecule has 1 aromatic heterocycles. The third-order valence-corrected chi connectivity index (χ3v) is 3.67. The second kappa shape index (κ2) is 5.05. The summed E-state index contributed by atoms with van der Waals surface area (Å²) in [5, 5.41) is 12.7. The van der Waals surface area contributed by atoms with E-state index in [1.54, 1.807) is 24.0 Å². The number of carboxylic acids is 1. The van der Waals surface area contributed by atoms with Gasteiger partial charge in [0.2, 0.25) is 0 Å². The summed E-state index contributed by atoms with van der Waals surface area (Å²) in [4.78, 5) is 25.3. The van der Waals surface area contributed by atoms with Crippen molar-refractivity contribution in [2.45, 2.75) is 19.8 Å². The Bertz CT molecular complexity index is 720. The maximum Gasteiger partial charge on any atom is 0.335 e. The van der Waals surface area contributed by atoms with Crippen molar-refractivity contribution in [3.63, 3.8) is 0 Å². The van der Waals surface area contributed by atoms with E-state index >= 15 is 0 Å². The zero-order chi connectivity index (χ0) is 15.0. The molecule has 1 aromatic carbocycles. The topological polar surface area (TPSA) is 83.6 Å². The lowest BCUT2D eigenvalue weighted by molar-refractivity contribution is 0.0696. The molecule has 0 unspecified atom stereocenters. The minimum Gasteiger partial charge on any atom is -0.478 e. The summed E-state index contributed by atoms with van der Waals surface area (Å²) in [7, 11) is 0. The molecule has 3 rings (SSSR count). The molecule has 1 N–H and O–H groups in total. The number of benzene rings is 1. The number of fused-ring (bicyclic) bond motifs is 1. The highest BCUT2D eigenvalue weighted by atomic mass is 16.5. The van der Waals surface area contributed by atoms with Gasteiger partial charge in [0.05, 0.1) is 11.8 Å². The molecule has 1 aliphatic rings. The Morgan fingerprint density at radius 3 is 2.86 bits per heavy atom. The lowest BCUT2D eigenvalue weighted by atomic mass is 9.98. The van der Waals surface area contributed by atoms with E-state index in [4.69, 9.17) is 9.63 Å². The fraction of sp³-hybridized carbons (Fsp3) is 0.267. The predicted molar refractivity (Wildman–Crippen MR) is 74.6 cm³/mol. The van der Waals surface area contributed by atoms with Gasteiger partial charge in [-0.1, -0.05) is 5.16 Å². The van der Waals surface area contributed by atoms with E-state index in [0.29, 0.717) is 17.9 Å². The van der Waals surface area contributed by atoms with Crippen LogP contribution in [0.3, 0.4) is 0 Å². The second-order valence-corrected chi connectivity index (χ2v) is 5.00. The van der Waals surface area contributed by atoms with Gasteiger partial charge in [-0.3, -0.25) is 4.79 Å². The fourth-order valence-corrected chi connectivity index (χ4v) is 2.59. The molecule has 0 spiro atoms. The molecule has 1 amide bonds. The monoisotopic (exact) mass is 286 g/mol. The molecule has 108 valence electrons. The van der Waals surface area contributed by atoms with Gasteiger partial charge in [-0.15, -0.1) is 0 Å². The van der Waals surface area contributed by atoms with E-state index in [-0.39, 0.29) is 11.5 Å². The predicted octanol–water partition coefficient (Wildman–Crippen LogP) is 2.27. The van der Waals surface area contributed by atoms with Crippen LogP contribution in [0, 0.1) is 6.92 Å². The van der Waals surface area contributed by atoms with Crippen LogP contribution >= 0.6 is 0 Å². The number of aromatic carboxylic acids is 1. The first-order valence-electron chi connectivity index (χ1n) is 6.67. The van der Waals surface area contributed by atoms with Crippen molar-refractivity contribution in [3.05, 3.63) is 46.8 Å². The molecule has 2 aromatic rings. The molecule has 0 saturated carbocycles. The summed E-state index contributed by atoms with van der Waals surface area (Å²) in [6.07, 6.45) is 2.98.